The topological polar surface area (TPSA) is 37.3 Å². The maximum Gasteiger partial charge on any atom is 0.339 e. The van der Waals surface area contributed by atoms with E-state index in [1.165, 1.54) is 48.2 Å². The van der Waals surface area contributed by atoms with Crippen LogP contribution in [0, 0.1) is 0 Å². The van der Waals surface area contributed by atoms with E-state index in [9.17, 15) is 18.7 Å². The van der Waals surface area contributed by atoms with Crippen LogP contribution in [0.4, 0.5) is 8.78 Å². The largest absolute Gasteiger partial charge is 0.382 e. The van der Waals surface area contributed by atoms with Gasteiger partial charge in [-0.25, -0.2) is 0 Å². The summed E-state index contributed by atoms with van der Waals surface area (Å²) in [4.78, 5) is 12.8. The van der Waals surface area contributed by atoms with E-state index in [0.717, 1.165) is 4.90 Å². The molecule has 0 aliphatic rings. The molecule has 0 bridgehead atoms. The van der Waals surface area contributed by atoms with Gasteiger partial charge in [-0.3, -0.25) is 4.79 Å². The normalized spacial score (nSPS) is 13.0. The van der Waals surface area contributed by atoms with E-state index in [4.69, 9.17) is 0 Å². The molecule has 0 aliphatic heterocycles. The number of hydrogen-bond acceptors (Lipinski definition) is 3. The highest BCUT2D eigenvalue weighted by molar-refractivity contribution is 7.98. The molecule has 2 aromatic carbocycles. The second-order valence-corrected chi connectivity index (χ2v) is 5.37. The number of rotatable bonds is 5. The molecule has 0 aromatic heterocycles. The van der Waals surface area contributed by atoms with Gasteiger partial charge in [-0.05, 0) is 24.0 Å². The second kappa shape index (κ2) is 6.37. The monoisotopic (exact) mass is 308 g/mol. The third kappa shape index (κ3) is 3.31. The molecule has 5 heteroatoms. The number of aliphatic hydroxyl groups excluding tert-OH is 1. The van der Waals surface area contributed by atoms with Gasteiger partial charge in [0.25, 0.3) is 0 Å². The Morgan fingerprint density at radius 1 is 1.10 bits per heavy atom. The average Bonchev–Trinajstić information content (AvgIpc) is 2.54. The number of Topliss-reactive ketones (excluding diaryl/α,β-unsaturated/α-hetero) is 1. The van der Waals surface area contributed by atoms with Crippen LogP contribution in [-0.2, 0) is 0 Å². The Bertz CT molecular complexity index is 612. The van der Waals surface area contributed by atoms with Crippen LogP contribution in [0.15, 0.2) is 59.5 Å². The van der Waals surface area contributed by atoms with Crippen molar-refractivity contribution in [2.45, 2.75) is 16.9 Å². The van der Waals surface area contributed by atoms with Crippen LogP contribution in [0.25, 0.3) is 0 Å². The van der Waals surface area contributed by atoms with Crippen molar-refractivity contribution in [1.29, 1.82) is 0 Å². The molecular weight excluding hydrogens is 294 g/mol. The molecule has 0 amide bonds. The number of carbonyl (C=O) groups excluding carboxylic acids is 1. The summed E-state index contributed by atoms with van der Waals surface area (Å²) in [5.74, 6) is -5.26. The Morgan fingerprint density at radius 2 is 1.67 bits per heavy atom. The summed E-state index contributed by atoms with van der Waals surface area (Å²) in [6.45, 7) is 0. The molecule has 0 spiro atoms. The zero-order chi connectivity index (χ0) is 15.5. The Hall–Kier alpha value is -1.72. The molecular formula is C16H14F2O2S. The molecule has 0 saturated heterocycles. The Labute approximate surface area is 125 Å². The Morgan fingerprint density at radius 3 is 2.19 bits per heavy atom. The number of hydrogen-bond donors (Lipinski definition) is 1. The lowest BCUT2D eigenvalue weighted by molar-refractivity contribution is -0.0792. The van der Waals surface area contributed by atoms with Crippen molar-refractivity contribution in [3.63, 3.8) is 0 Å². The summed E-state index contributed by atoms with van der Waals surface area (Å²) in [7, 11) is 0. The van der Waals surface area contributed by atoms with Crippen LogP contribution < -0.4 is 0 Å². The fourth-order valence-electron chi connectivity index (χ4n) is 1.90. The zero-order valence-electron chi connectivity index (χ0n) is 11.3. The van der Waals surface area contributed by atoms with E-state index in [1.807, 2.05) is 6.26 Å². The quantitative estimate of drug-likeness (QED) is 0.671. The SMILES string of the molecule is CSc1ccc(C(O)C(F)(F)C(=O)c2ccccc2)cc1. The molecule has 2 aromatic rings. The highest BCUT2D eigenvalue weighted by Crippen LogP contribution is 2.34. The number of ketones is 1. The molecule has 110 valence electrons. The van der Waals surface area contributed by atoms with E-state index in [1.54, 1.807) is 18.2 Å². The van der Waals surface area contributed by atoms with Crippen LogP contribution in [0.1, 0.15) is 22.0 Å². The molecule has 2 rings (SSSR count). The van der Waals surface area contributed by atoms with E-state index >= 15 is 0 Å². The van der Waals surface area contributed by atoms with E-state index in [2.05, 4.69) is 0 Å². The molecule has 1 N–H and O–H groups in total. The molecule has 0 heterocycles. The number of carbonyl (C=O) groups is 1. The Kier molecular flexibility index (Phi) is 4.75. The van der Waals surface area contributed by atoms with Gasteiger partial charge in [-0.15, -0.1) is 11.8 Å². The minimum Gasteiger partial charge on any atom is -0.382 e. The predicted octanol–water partition coefficient (Wildman–Crippen LogP) is 3.96. The minimum absolute atomic E-state index is 0.0158. The molecule has 21 heavy (non-hydrogen) atoms. The summed E-state index contributed by atoms with van der Waals surface area (Å²) < 4.78 is 28.3. The predicted molar refractivity (Wildman–Crippen MR) is 78.9 cm³/mol. The van der Waals surface area contributed by atoms with Crippen molar-refractivity contribution in [2.75, 3.05) is 6.26 Å². The van der Waals surface area contributed by atoms with Crippen LogP contribution in [0.2, 0.25) is 0 Å². The smallest absolute Gasteiger partial charge is 0.339 e. The van der Waals surface area contributed by atoms with Gasteiger partial charge in [-0.1, -0.05) is 42.5 Å². The molecule has 1 unspecified atom stereocenters. The summed E-state index contributed by atoms with van der Waals surface area (Å²) in [5, 5.41) is 9.87. The number of halogens is 2. The zero-order valence-corrected chi connectivity index (χ0v) is 12.1. The van der Waals surface area contributed by atoms with Gasteiger partial charge in [0.2, 0.25) is 5.78 Å². The van der Waals surface area contributed by atoms with E-state index in [0.29, 0.717) is 0 Å². The summed E-state index contributed by atoms with van der Waals surface area (Å²) >= 11 is 1.46. The summed E-state index contributed by atoms with van der Waals surface area (Å²) in [5.41, 5.74) is -0.107. The molecule has 2 nitrogen and oxygen atoms in total. The standard InChI is InChI=1S/C16H14F2O2S/c1-21-13-9-7-12(8-10-13)15(20)16(17,18)14(19)11-5-3-2-4-6-11/h2-10,15,20H,1H3. The molecule has 0 fully saturated rings. The van der Waals surface area contributed by atoms with Gasteiger partial charge >= 0.3 is 5.92 Å². The van der Waals surface area contributed by atoms with Crippen molar-refractivity contribution in [1.82, 2.24) is 0 Å². The minimum atomic E-state index is -3.87. The van der Waals surface area contributed by atoms with Crippen LogP contribution in [0.5, 0.6) is 0 Å². The van der Waals surface area contributed by atoms with Crippen molar-refractivity contribution < 1.29 is 18.7 Å². The average molecular weight is 308 g/mol. The van der Waals surface area contributed by atoms with Crippen molar-refractivity contribution in [3.8, 4) is 0 Å². The van der Waals surface area contributed by atoms with Crippen molar-refractivity contribution in [2.24, 2.45) is 0 Å². The van der Waals surface area contributed by atoms with E-state index in [-0.39, 0.29) is 11.1 Å². The highest BCUT2D eigenvalue weighted by Gasteiger charge is 2.47. The molecule has 0 aliphatic carbocycles. The van der Waals surface area contributed by atoms with Crippen LogP contribution in [0.3, 0.4) is 0 Å². The molecule has 0 saturated carbocycles. The first-order chi connectivity index (χ1) is 9.96. The highest BCUT2D eigenvalue weighted by atomic mass is 32.2. The molecule has 1 atom stereocenters. The first-order valence-electron chi connectivity index (χ1n) is 6.26. The first kappa shape index (κ1) is 15.7. The maximum atomic E-state index is 14.2. The van der Waals surface area contributed by atoms with Gasteiger partial charge in [-0.2, -0.15) is 8.78 Å². The number of benzene rings is 2. The van der Waals surface area contributed by atoms with Crippen molar-refractivity contribution in [3.05, 3.63) is 65.7 Å². The fraction of sp³-hybridized carbons (Fsp3) is 0.188. The van der Waals surface area contributed by atoms with Gasteiger partial charge < -0.3 is 5.11 Å². The Balaban J connectivity index is 2.27. The number of thioether (sulfide) groups is 1. The van der Waals surface area contributed by atoms with Gasteiger partial charge in [0.05, 0.1) is 0 Å². The van der Waals surface area contributed by atoms with Gasteiger partial charge in [0.1, 0.15) is 0 Å². The lowest BCUT2D eigenvalue weighted by atomic mass is 9.96. The van der Waals surface area contributed by atoms with E-state index < -0.39 is 17.8 Å². The third-order valence-electron chi connectivity index (χ3n) is 3.11. The third-order valence-corrected chi connectivity index (χ3v) is 3.86. The maximum absolute atomic E-state index is 14.2. The van der Waals surface area contributed by atoms with Crippen molar-refractivity contribution >= 4 is 17.5 Å². The second-order valence-electron chi connectivity index (χ2n) is 4.49. The molecule has 0 radical (unpaired) electrons. The van der Waals surface area contributed by atoms with Gasteiger partial charge in [0, 0.05) is 10.5 Å². The fourth-order valence-corrected chi connectivity index (χ4v) is 2.31. The first-order valence-corrected chi connectivity index (χ1v) is 7.49. The van der Waals surface area contributed by atoms with Gasteiger partial charge in [0.15, 0.2) is 6.10 Å². The number of alkyl halides is 2. The lowest BCUT2D eigenvalue weighted by Crippen LogP contribution is -2.35. The lowest BCUT2D eigenvalue weighted by Gasteiger charge is -2.21. The van der Waals surface area contributed by atoms with Crippen LogP contribution >= 0.6 is 11.8 Å². The summed E-state index contributed by atoms with van der Waals surface area (Å²) in [6.07, 6.45) is -0.306. The van der Waals surface area contributed by atoms with Crippen LogP contribution in [-0.4, -0.2) is 23.1 Å². The number of aliphatic hydroxyl groups is 1. The summed E-state index contributed by atoms with van der Waals surface area (Å²) in [6, 6.07) is 13.3.